The summed E-state index contributed by atoms with van der Waals surface area (Å²) in [6, 6.07) is 0.00240. The molecule has 1 N–H and O–H groups in total. The number of nitrogens with one attached hydrogen (secondary N) is 1. The topological polar surface area (TPSA) is 88.6 Å². The molecule has 1 saturated heterocycles. The van der Waals surface area contributed by atoms with Crippen molar-refractivity contribution in [3.8, 4) is 0 Å². The largest absolute Gasteiger partial charge is 0.464 e. The second kappa shape index (κ2) is 5.64. The Labute approximate surface area is 127 Å². The van der Waals surface area contributed by atoms with Crippen LogP contribution in [0.2, 0.25) is 0 Å². The standard InChI is InChI=1S/C12H17N3O4S2/c1-19-11(16)10-12(20-7-14-10)21(17,18)15(8-2-3-8)9-4-5-13-6-9/h7-9,13H,2-6H2,1H3. The van der Waals surface area contributed by atoms with E-state index in [1.165, 1.54) is 12.6 Å². The molecule has 9 heteroatoms. The number of esters is 1. The van der Waals surface area contributed by atoms with Gasteiger partial charge in [0, 0.05) is 18.6 Å². The first kappa shape index (κ1) is 14.9. The highest BCUT2D eigenvalue weighted by Gasteiger charge is 2.45. The maximum Gasteiger partial charge on any atom is 0.358 e. The van der Waals surface area contributed by atoms with Crippen LogP contribution in [0.5, 0.6) is 0 Å². The molecule has 0 bridgehead atoms. The van der Waals surface area contributed by atoms with Crippen LogP contribution in [0.4, 0.5) is 0 Å². The van der Waals surface area contributed by atoms with E-state index in [0.717, 1.165) is 37.1 Å². The zero-order valence-electron chi connectivity index (χ0n) is 11.6. The molecule has 0 radical (unpaired) electrons. The first-order valence-electron chi connectivity index (χ1n) is 6.81. The summed E-state index contributed by atoms with van der Waals surface area (Å²) in [5, 5.41) is 3.19. The van der Waals surface area contributed by atoms with Gasteiger partial charge in [-0.2, -0.15) is 4.31 Å². The van der Waals surface area contributed by atoms with Crippen LogP contribution in [-0.4, -0.2) is 56.0 Å². The fourth-order valence-corrected chi connectivity index (χ4v) is 5.75. The predicted molar refractivity (Wildman–Crippen MR) is 76.8 cm³/mol. The fraction of sp³-hybridized carbons (Fsp3) is 0.667. The maximum absolute atomic E-state index is 13.0. The zero-order chi connectivity index (χ0) is 15.0. The van der Waals surface area contributed by atoms with E-state index in [1.807, 2.05) is 0 Å². The molecule has 3 rings (SSSR count). The van der Waals surface area contributed by atoms with Crippen molar-refractivity contribution in [3.05, 3.63) is 11.2 Å². The van der Waals surface area contributed by atoms with E-state index in [0.29, 0.717) is 6.54 Å². The van der Waals surface area contributed by atoms with Crippen molar-refractivity contribution < 1.29 is 17.9 Å². The third kappa shape index (κ3) is 2.70. The van der Waals surface area contributed by atoms with E-state index in [9.17, 15) is 13.2 Å². The van der Waals surface area contributed by atoms with Gasteiger partial charge in [-0.25, -0.2) is 18.2 Å². The summed E-state index contributed by atoms with van der Waals surface area (Å²) in [5.74, 6) is -0.713. The lowest BCUT2D eigenvalue weighted by Gasteiger charge is -2.27. The molecular formula is C12H17N3O4S2. The molecule has 2 fully saturated rings. The molecule has 1 atom stereocenters. The monoisotopic (exact) mass is 331 g/mol. The van der Waals surface area contributed by atoms with Crippen molar-refractivity contribution in [1.82, 2.24) is 14.6 Å². The number of hydrogen-bond donors (Lipinski definition) is 1. The first-order valence-corrected chi connectivity index (χ1v) is 9.13. The Hall–Kier alpha value is -1.03. The summed E-state index contributed by atoms with van der Waals surface area (Å²) in [4.78, 5) is 15.6. The highest BCUT2D eigenvalue weighted by atomic mass is 32.2. The van der Waals surface area contributed by atoms with Gasteiger partial charge < -0.3 is 10.1 Å². The van der Waals surface area contributed by atoms with Crippen molar-refractivity contribution in [2.75, 3.05) is 20.2 Å². The normalized spacial score (nSPS) is 22.7. The van der Waals surface area contributed by atoms with Gasteiger partial charge >= 0.3 is 5.97 Å². The Morgan fingerprint density at radius 3 is 2.76 bits per heavy atom. The molecule has 1 saturated carbocycles. The van der Waals surface area contributed by atoms with Crippen LogP contribution >= 0.6 is 11.3 Å². The van der Waals surface area contributed by atoms with Crippen LogP contribution in [0.15, 0.2) is 9.72 Å². The molecule has 0 aromatic carbocycles. The molecule has 1 aromatic rings. The molecule has 1 aliphatic heterocycles. The highest BCUT2D eigenvalue weighted by Crippen LogP contribution is 2.37. The van der Waals surface area contributed by atoms with Crippen molar-refractivity contribution in [1.29, 1.82) is 0 Å². The minimum Gasteiger partial charge on any atom is -0.464 e. The Balaban J connectivity index is 1.98. The highest BCUT2D eigenvalue weighted by molar-refractivity contribution is 7.91. The van der Waals surface area contributed by atoms with Gasteiger partial charge in [-0.15, -0.1) is 11.3 Å². The number of thiazole rings is 1. The van der Waals surface area contributed by atoms with Gasteiger partial charge in [-0.1, -0.05) is 0 Å². The Morgan fingerprint density at radius 2 is 2.19 bits per heavy atom. The predicted octanol–water partition coefficient (Wildman–Crippen LogP) is 0.445. The summed E-state index contributed by atoms with van der Waals surface area (Å²) in [6.45, 7) is 1.47. The average Bonchev–Trinajstić information content (AvgIpc) is 2.96. The molecule has 1 aromatic heterocycles. The number of methoxy groups -OCH3 is 1. The van der Waals surface area contributed by atoms with Crippen LogP contribution in [0.3, 0.4) is 0 Å². The molecule has 0 amide bonds. The summed E-state index contributed by atoms with van der Waals surface area (Å²) in [7, 11) is -2.50. The lowest BCUT2D eigenvalue weighted by atomic mass is 10.2. The Bertz CT molecular complexity index is 633. The van der Waals surface area contributed by atoms with Crippen LogP contribution in [0.1, 0.15) is 29.8 Å². The van der Waals surface area contributed by atoms with Gasteiger partial charge in [0.25, 0.3) is 10.0 Å². The minimum absolute atomic E-state index is 0.00634. The maximum atomic E-state index is 13.0. The van der Waals surface area contributed by atoms with Gasteiger partial charge in [0.2, 0.25) is 0 Å². The molecule has 1 aliphatic carbocycles. The number of ether oxygens (including phenoxy) is 1. The zero-order valence-corrected chi connectivity index (χ0v) is 13.2. The lowest BCUT2D eigenvalue weighted by molar-refractivity contribution is 0.0590. The summed E-state index contributed by atoms with van der Waals surface area (Å²) in [5.41, 5.74) is 1.26. The van der Waals surface area contributed by atoms with Gasteiger partial charge in [0.05, 0.1) is 12.6 Å². The quantitative estimate of drug-likeness (QED) is 0.788. The third-order valence-corrected chi connectivity index (χ3v) is 7.08. The molecule has 0 spiro atoms. The molecule has 116 valence electrons. The van der Waals surface area contributed by atoms with E-state index >= 15 is 0 Å². The molecular weight excluding hydrogens is 314 g/mol. The number of aromatic nitrogens is 1. The smallest absolute Gasteiger partial charge is 0.358 e. The van der Waals surface area contributed by atoms with E-state index in [4.69, 9.17) is 0 Å². The van der Waals surface area contributed by atoms with Gasteiger partial charge in [0.15, 0.2) is 9.90 Å². The van der Waals surface area contributed by atoms with Crippen LogP contribution < -0.4 is 5.32 Å². The van der Waals surface area contributed by atoms with Crippen LogP contribution in [-0.2, 0) is 14.8 Å². The lowest BCUT2D eigenvalue weighted by Crippen LogP contribution is -2.43. The summed E-state index contributed by atoms with van der Waals surface area (Å²) >= 11 is 0.971. The Kier molecular flexibility index (Phi) is 4.00. The van der Waals surface area contributed by atoms with Gasteiger partial charge in [0.1, 0.15) is 0 Å². The van der Waals surface area contributed by atoms with Gasteiger partial charge in [-0.05, 0) is 25.8 Å². The van der Waals surface area contributed by atoms with Crippen LogP contribution in [0, 0.1) is 0 Å². The molecule has 1 unspecified atom stereocenters. The fourth-order valence-electron chi connectivity index (χ4n) is 2.62. The summed E-state index contributed by atoms with van der Waals surface area (Å²) < 4.78 is 32.1. The SMILES string of the molecule is COC(=O)c1ncsc1S(=O)(=O)N(C1CC1)C1CCNC1. The van der Waals surface area contributed by atoms with E-state index in [-0.39, 0.29) is 22.0 Å². The molecule has 2 heterocycles. The Morgan fingerprint density at radius 1 is 1.43 bits per heavy atom. The van der Waals surface area contributed by atoms with E-state index in [2.05, 4.69) is 15.0 Å². The average molecular weight is 331 g/mol. The molecule has 7 nitrogen and oxygen atoms in total. The second-order valence-corrected chi connectivity index (χ2v) is 8.09. The minimum atomic E-state index is -3.72. The van der Waals surface area contributed by atoms with Crippen molar-refractivity contribution in [2.45, 2.75) is 35.6 Å². The summed E-state index contributed by atoms with van der Waals surface area (Å²) in [6.07, 6.45) is 2.55. The number of carbonyl (C=O) groups is 1. The van der Waals surface area contributed by atoms with Crippen molar-refractivity contribution in [2.24, 2.45) is 0 Å². The number of rotatable bonds is 5. The van der Waals surface area contributed by atoms with E-state index < -0.39 is 16.0 Å². The molecule has 2 aliphatic rings. The van der Waals surface area contributed by atoms with E-state index in [1.54, 1.807) is 4.31 Å². The van der Waals surface area contributed by atoms with Crippen LogP contribution in [0.25, 0.3) is 0 Å². The number of hydrogen-bond acceptors (Lipinski definition) is 7. The van der Waals surface area contributed by atoms with Crippen molar-refractivity contribution in [3.63, 3.8) is 0 Å². The third-order valence-electron chi connectivity index (χ3n) is 3.73. The molecule has 21 heavy (non-hydrogen) atoms. The number of carbonyl (C=O) groups excluding carboxylic acids is 1. The second-order valence-electron chi connectivity index (χ2n) is 5.19. The number of sulfonamides is 1. The van der Waals surface area contributed by atoms with Gasteiger partial charge in [-0.3, -0.25) is 0 Å². The number of nitrogens with zero attached hydrogens (tertiary/aromatic N) is 2. The first-order chi connectivity index (χ1) is 10.1. The van der Waals surface area contributed by atoms with Crippen molar-refractivity contribution >= 4 is 27.3 Å².